The molecule has 0 radical (unpaired) electrons. The smallest absolute Gasteiger partial charge is 0.237 e. The van der Waals surface area contributed by atoms with Gasteiger partial charge in [-0.1, -0.05) is 18.9 Å². The SMILES string of the molecule is C=CCNC(=O)C(C)NC1CCCCC1O. The average molecular weight is 226 g/mol. The van der Waals surface area contributed by atoms with E-state index in [0.29, 0.717) is 6.54 Å². The first-order valence-electron chi connectivity index (χ1n) is 5.98. The second-order valence-corrected chi connectivity index (χ2v) is 4.38. The molecule has 0 bridgehead atoms. The van der Waals surface area contributed by atoms with Gasteiger partial charge in [-0.3, -0.25) is 4.79 Å². The summed E-state index contributed by atoms with van der Waals surface area (Å²) in [6.07, 6.45) is 5.31. The van der Waals surface area contributed by atoms with E-state index in [0.717, 1.165) is 25.7 Å². The maximum atomic E-state index is 11.6. The van der Waals surface area contributed by atoms with Crippen molar-refractivity contribution in [3.63, 3.8) is 0 Å². The Morgan fingerprint density at radius 1 is 1.56 bits per heavy atom. The maximum Gasteiger partial charge on any atom is 0.237 e. The highest BCUT2D eigenvalue weighted by Crippen LogP contribution is 2.18. The minimum atomic E-state index is -0.316. The van der Waals surface area contributed by atoms with Gasteiger partial charge in [0.05, 0.1) is 12.1 Å². The number of carbonyl (C=O) groups excluding carboxylic acids is 1. The van der Waals surface area contributed by atoms with E-state index < -0.39 is 0 Å². The molecule has 0 aromatic heterocycles. The first-order valence-corrected chi connectivity index (χ1v) is 5.98. The van der Waals surface area contributed by atoms with Gasteiger partial charge in [-0.05, 0) is 19.8 Å². The topological polar surface area (TPSA) is 61.4 Å². The van der Waals surface area contributed by atoms with Crippen molar-refractivity contribution in [2.45, 2.75) is 50.8 Å². The van der Waals surface area contributed by atoms with Crippen LogP contribution in [-0.2, 0) is 4.79 Å². The number of aliphatic hydroxyl groups excluding tert-OH is 1. The molecule has 0 aliphatic heterocycles. The fourth-order valence-corrected chi connectivity index (χ4v) is 2.03. The number of hydrogen-bond donors (Lipinski definition) is 3. The summed E-state index contributed by atoms with van der Waals surface area (Å²) < 4.78 is 0. The Hall–Kier alpha value is -0.870. The van der Waals surface area contributed by atoms with Crippen LogP contribution in [0.5, 0.6) is 0 Å². The molecule has 0 spiro atoms. The van der Waals surface area contributed by atoms with E-state index >= 15 is 0 Å². The fourth-order valence-electron chi connectivity index (χ4n) is 2.03. The first-order chi connectivity index (χ1) is 7.65. The molecule has 1 amide bonds. The van der Waals surface area contributed by atoms with Crippen molar-refractivity contribution in [2.24, 2.45) is 0 Å². The molecule has 1 saturated carbocycles. The molecule has 1 aliphatic rings. The zero-order valence-electron chi connectivity index (χ0n) is 9.91. The molecule has 1 aliphatic carbocycles. The molecule has 0 saturated heterocycles. The lowest BCUT2D eigenvalue weighted by atomic mass is 9.92. The summed E-state index contributed by atoms with van der Waals surface area (Å²) in [5.41, 5.74) is 0. The van der Waals surface area contributed by atoms with Crippen molar-refractivity contribution in [1.82, 2.24) is 10.6 Å². The summed E-state index contributed by atoms with van der Waals surface area (Å²) >= 11 is 0. The minimum Gasteiger partial charge on any atom is -0.392 e. The Morgan fingerprint density at radius 3 is 2.88 bits per heavy atom. The third kappa shape index (κ3) is 3.94. The quantitative estimate of drug-likeness (QED) is 0.601. The number of amides is 1. The third-order valence-corrected chi connectivity index (χ3v) is 3.01. The lowest BCUT2D eigenvalue weighted by Crippen LogP contribution is -2.51. The van der Waals surface area contributed by atoms with Crippen LogP contribution < -0.4 is 10.6 Å². The van der Waals surface area contributed by atoms with Gasteiger partial charge in [-0.15, -0.1) is 6.58 Å². The summed E-state index contributed by atoms with van der Waals surface area (Å²) in [4.78, 5) is 11.6. The van der Waals surface area contributed by atoms with E-state index in [1.165, 1.54) is 0 Å². The zero-order valence-corrected chi connectivity index (χ0v) is 9.91. The second kappa shape index (κ2) is 6.66. The molecule has 3 unspecified atom stereocenters. The molecule has 1 rings (SSSR count). The van der Waals surface area contributed by atoms with Gasteiger partial charge >= 0.3 is 0 Å². The van der Waals surface area contributed by atoms with Gasteiger partial charge in [0.1, 0.15) is 0 Å². The van der Waals surface area contributed by atoms with Gasteiger partial charge in [0.2, 0.25) is 5.91 Å². The highest BCUT2D eigenvalue weighted by atomic mass is 16.3. The average Bonchev–Trinajstić information content (AvgIpc) is 2.28. The van der Waals surface area contributed by atoms with Crippen LogP contribution in [0, 0.1) is 0 Å². The Labute approximate surface area is 97.1 Å². The van der Waals surface area contributed by atoms with Gasteiger partial charge in [0.15, 0.2) is 0 Å². The summed E-state index contributed by atoms with van der Waals surface area (Å²) in [5, 5.41) is 15.7. The fraction of sp³-hybridized carbons (Fsp3) is 0.750. The number of hydrogen-bond acceptors (Lipinski definition) is 3. The van der Waals surface area contributed by atoms with Crippen LogP contribution >= 0.6 is 0 Å². The lowest BCUT2D eigenvalue weighted by Gasteiger charge is -2.30. The highest BCUT2D eigenvalue weighted by molar-refractivity contribution is 5.81. The zero-order chi connectivity index (χ0) is 12.0. The van der Waals surface area contributed by atoms with Crippen molar-refractivity contribution in [3.8, 4) is 0 Å². The standard InChI is InChI=1S/C12H22N2O2/c1-3-8-13-12(16)9(2)14-10-6-4-5-7-11(10)15/h3,9-11,14-15H,1,4-8H2,2H3,(H,13,16). The van der Waals surface area contributed by atoms with Crippen molar-refractivity contribution in [2.75, 3.05) is 6.54 Å². The van der Waals surface area contributed by atoms with Crippen LogP contribution in [-0.4, -0.2) is 35.7 Å². The molecule has 0 aromatic rings. The van der Waals surface area contributed by atoms with E-state index in [1.807, 2.05) is 6.92 Å². The van der Waals surface area contributed by atoms with E-state index in [-0.39, 0.29) is 24.1 Å². The van der Waals surface area contributed by atoms with E-state index in [9.17, 15) is 9.90 Å². The molecule has 3 N–H and O–H groups in total. The third-order valence-electron chi connectivity index (χ3n) is 3.01. The number of nitrogens with one attached hydrogen (secondary N) is 2. The van der Waals surface area contributed by atoms with E-state index in [1.54, 1.807) is 6.08 Å². The molecule has 16 heavy (non-hydrogen) atoms. The Balaban J connectivity index is 2.34. The molecule has 92 valence electrons. The highest BCUT2D eigenvalue weighted by Gasteiger charge is 2.25. The largest absolute Gasteiger partial charge is 0.392 e. The lowest BCUT2D eigenvalue weighted by molar-refractivity contribution is -0.123. The molecule has 0 heterocycles. The van der Waals surface area contributed by atoms with Gasteiger partial charge in [-0.2, -0.15) is 0 Å². The van der Waals surface area contributed by atoms with Crippen LogP contribution in [0.4, 0.5) is 0 Å². The molecule has 0 aromatic carbocycles. The number of aliphatic hydroxyl groups is 1. The minimum absolute atomic E-state index is 0.0438. The van der Waals surface area contributed by atoms with Crippen LogP contribution in [0.25, 0.3) is 0 Å². The van der Waals surface area contributed by atoms with Crippen LogP contribution in [0.1, 0.15) is 32.6 Å². The van der Waals surface area contributed by atoms with E-state index in [4.69, 9.17) is 0 Å². The summed E-state index contributed by atoms with van der Waals surface area (Å²) in [6.45, 7) is 5.85. The van der Waals surface area contributed by atoms with Crippen molar-refractivity contribution in [1.29, 1.82) is 0 Å². The van der Waals surface area contributed by atoms with Crippen molar-refractivity contribution < 1.29 is 9.90 Å². The second-order valence-electron chi connectivity index (χ2n) is 4.38. The van der Waals surface area contributed by atoms with Crippen molar-refractivity contribution >= 4 is 5.91 Å². The number of carbonyl (C=O) groups is 1. The predicted octanol–water partition coefficient (Wildman–Crippen LogP) is 0.570. The van der Waals surface area contributed by atoms with Crippen LogP contribution in [0.2, 0.25) is 0 Å². The van der Waals surface area contributed by atoms with Gasteiger partial charge in [0, 0.05) is 12.6 Å². The van der Waals surface area contributed by atoms with Crippen molar-refractivity contribution in [3.05, 3.63) is 12.7 Å². The van der Waals surface area contributed by atoms with Gasteiger partial charge in [0.25, 0.3) is 0 Å². The molecular formula is C12H22N2O2. The van der Waals surface area contributed by atoms with Crippen LogP contribution in [0.3, 0.4) is 0 Å². The predicted molar refractivity (Wildman–Crippen MR) is 64.1 cm³/mol. The molecule has 3 atom stereocenters. The van der Waals surface area contributed by atoms with E-state index in [2.05, 4.69) is 17.2 Å². The maximum absolute atomic E-state index is 11.6. The molecule has 1 fully saturated rings. The summed E-state index contributed by atoms with van der Waals surface area (Å²) in [5.74, 6) is -0.0438. The van der Waals surface area contributed by atoms with Crippen LogP contribution in [0.15, 0.2) is 12.7 Å². The Kier molecular flexibility index (Phi) is 5.49. The monoisotopic (exact) mass is 226 g/mol. The summed E-state index contributed by atoms with van der Waals surface area (Å²) in [7, 11) is 0. The number of rotatable bonds is 5. The first kappa shape index (κ1) is 13.2. The van der Waals surface area contributed by atoms with Gasteiger partial charge in [-0.25, -0.2) is 0 Å². The normalized spacial score (nSPS) is 27.1. The molecule has 4 heteroatoms. The molecular weight excluding hydrogens is 204 g/mol. The van der Waals surface area contributed by atoms with Gasteiger partial charge < -0.3 is 15.7 Å². The Morgan fingerprint density at radius 2 is 2.25 bits per heavy atom. The summed E-state index contributed by atoms with van der Waals surface area (Å²) in [6, 6.07) is -0.212. The molecule has 4 nitrogen and oxygen atoms in total. The Bertz CT molecular complexity index is 243.